The lowest BCUT2D eigenvalue weighted by atomic mass is 10.2. The molecule has 1 N–H and O–H groups in total. The maximum Gasteiger partial charge on any atom is 0.372 e. The third-order valence-electron chi connectivity index (χ3n) is 2.78. The SMILES string of the molecule is CCN(Cc1ccoc1C(=O)O)C1CC1. The van der Waals surface area contributed by atoms with Crippen molar-refractivity contribution in [2.45, 2.75) is 32.4 Å². The summed E-state index contributed by atoms with van der Waals surface area (Å²) < 4.78 is 4.95. The summed E-state index contributed by atoms with van der Waals surface area (Å²) in [7, 11) is 0. The van der Waals surface area contributed by atoms with Crippen molar-refractivity contribution >= 4 is 5.97 Å². The Labute approximate surface area is 88.5 Å². The van der Waals surface area contributed by atoms with Gasteiger partial charge in [0.1, 0.15) is 0 Å². The molecule has 1 heterocycles. The standard InChI is InChI=1S/C11H15NO3/c1-2-12(9-3-4-9)7-8-5-6-15-10(8)11(13)14/h5-6,9H,2-4,7H2,1H3,(H,13,14). The Hall–Kier alpha value is -1.29. The van der Waals surface area contributed by atoms with Crippen molar-refractivity contribution in [1.82, 2.24) is 4.90 Å². The van der Waals surface area contributed by atoms with E-state index in [1.807, 2.05) is 0 Å². The fourth-order valence-electron chi connectivity index (χ4n) is 1.81. The number of rotatable bonds is 5. The second-order valence-electron chi connectivity index (χ2n) is 3.87. The van der Waals surface area contributed by atoms with Gasteiger partial charge in [0.25, 0.3) is 0 Å². The van der Waals surface area contributed by atoms with Crippen molar-refractivity contribution in [3.8, 4) is 0 Å². The summed E-state index contributed by atoms with van der Waals surface area (Å²) in [6, 6.07) is 2.39. The first-order chi connectivity index (χ1) is 7.22. The third kappa shape index (κ3) is 2.21. The predicted octanol–water partition coefficient (Wildman–Crippen LogP) is 1.96. The molecule has 2 rings (SSSR count). The van der Waals surface area contributed by atoms with E-state index in [9.17, 15) is 4.79 Å². The van der Waals surface area contributed by atoms with E-state index in [1.54, 1.807) is 6.07 Å². The number of hydrogen-bond acceptors (Lipinski definition) is 3. The quantitative estimate of drug-likeness (QED) is 0.805. The zero-order valence-corrected chi connectivity index (χ0v) is 8.77. The van der Waals surface area contributed by atoms with Crippen LogP contribution < -0.4 is 0 Å². The summed E-state index contributed by atoms with van der Waals surface area (Å²) in [5, 5.41) is 8.88. The van der Waals surface area contributed by atoms with E-state index in [2.05, 4.69) is 11.8 Å². The number of aromatic carboxylic acids is 1. The van der Waals surface area contributed by atoms with Crippen LogP contribution in [0, 0.1) is 0 Å². The van der Waals surface area contributed by atoms with Crippen LogP contribution in [0.25, 0.3) is 0 Å². The molecule has 1 aromatic heterocycles. The smallest absolute Gasteiger partial charge is 0.372 e. The van der Waals surface area contributed by atoms with Gasteiger partial charge in [-0.3, -0.25) is 4.90 Å². The monoisotopic (exact) mass is 209 g/mol. The summed E-state index contributed by atoms with van der Waals surface area (Å²) >= 11 is 0. The molecule has 1 aromatic rings. The van der Waals surface area contributed by atoms with Crippen LogP contribution in [-0.4, -0.2) is 28.6 Å². The largest absolute Gasteiger partial charge is 0.475 e. The molecule has 0 saturated heterocycles. The van der Waals surface area contributed by atoms with E-state index >= 15 is 0 Å². The van der Waals surface area contributed by atoms with Crippen LogP contribution in [0.3, 0.4) is 0 Å². The molecular formula is C11H15NO3. The Kier molecular flexibility index (Phi) is 2.77. The number of carboxylic acids is 1. The van der Waals surface area contributed by atoms with Crippen molar-refractivity contribution in [1.29, 1.82) is 0 Å². The lowest BCUT2D eigenvalue weighted by Gasteiger charge is -2.18. The van der Waals surface area contributed by atoms with Crippen LogP contribution in [0.2, 0.25) is 0 Å². The molecule has 0 radical (unpaired) electrons. The van der Waals surface area contributed by atoms with Gasteiger partial charge < -0.3 is 9.52 Å². The molecule has 15 heavy (non-hydrogen) atoms. The van der Waals surface area contributed by atoms with Crippen molar-refractivity contribution < 1.29 is 14.3 Å². The highest BCUT2D eigenvalue weighted by molar-refractivity contribution is 5.86. The van der Waals surface area contributed by atoms with Crippen LogP contribution >= 0.6 is 0 Å². The van der Waals surface area contributed by atoms with Crippen LogP contribution in [0.4, 0.5) is 0 Å². The molecule has 0 aromatic carbocycles. The van der Waals surface area contributed by atoms with E-state index in [4.69, 9.17) is 9.52 Å². The van der Waals surface area contributed by atoms with Gasteiger partial charge in [-0.25, -0.2) is 4.79 Å². The Bertz CT molecular complexity index is 354. The lowest BCUT2D eigenvalue weighted by molar-refractivity contribution is 0.0659. The van der Waals surface area contributed by atoms with E-state index in [0.717, 1.165) is 12.1 Å². The second-order valence-corrected chi connectivity index (χ2v) is 3.87. The molecule has 0 aliphatic heterocycles. The number of furan rings is 1. The van der Waals surface area contributed by atoms with E-state index < -0.39 is 5.97 Å². The molecule has 0 bridgehead atoms. The Morgan fingerprint density at radius 2 is 2.40 bits per heavy atom. The van der Waals surface area contributed by atoms with Gasteiger partial charge in [-0.15, -0.1) is 0 Å². The molecule has 4 nitrogen and oxygen atoms in total. The normalized spacial score (nSPS) is 15.9. The highest BCUT2D eigenvalue weighted by Crippen LogP contribution is 2.28. The fraction of sp³-hybridized carbons (Fsp3) is 0.545. The lowest BCUT2D eigenvalue weighted by Crippen LogP contribution is -2.25. The molecule has 1 fully saturated rings. The van der Waals surface area contributed by atoms with Gasteiger partial charge >= 0.3 is 5.97 Å². The van der Waals surface area contributed by atoms with Crippen LogP contribution in [0.5, 0.6) is 0 Å². The second kappa shape index (κ2) is 4.06. The molecule has 82 valence electrons. The Morgan fingerprint density at radius 3 is 2.93 bits per heavy atom. The summed E-state index contributed by atoms with van der Waals surface area (Å²) in [6.45, 7) is 3.73. The molecule has 0 unspecified atom stereocenters. The number of carboxylic acid groups (broad SMARTS) is 1. The Balaban J connectivity index is 2.08. The molecule has 0 atom stereocenters. The average molecular weight is 209 g/mol. The molecule has 1 aliphatic carbocycles. The average Bonchev–Trinajstić information content (AvgIpc) is 2.93. The van der Waals surface area contributed by atoms with E-state index in [1.165, 1.54) is 19.1 Å². The van der Waals surface area contributed by atoms with Gasteiger partial charge in [-0.1, -0.05) is 6.92 Å². The number of carbonyl (C=O) groups is 1. The molecule has 1 saturated carbocycles. The third-order valence-corrected chi connectivity index (χ3v) is 2.78. The topological polar surface area (TPSA) is 53.7 Å². The fourth-order valence-corrected chi connectivity index (χ4v) is 1.81. The van der Waals surface area contributed by atoms with Gasteiger partial charge in [-0.05, 0) is 25.5 Å². The minimum absolute atomic E-state index is 0.0779. The summed E-state index contributed by atoms with van der Waals surface area (Å²) in [6.07, 6.45) is 3.90. The van der Waals surface area contributed by atoms with Crippen molar-refractivity contribution in [3.05, 3.63) is 23.7 Å². The molecule has 0 amide bonds. The van der Waals surface area contributed by atoms with Crippen molar-refractivity contribution in [3.63, 3.8) is 0 Å². The summed E-state index contributed by atoms with van der Waals surface area (Å²) in [5.41, 5.74) is 0.774. The minimum Gasteiger partial charge on any atom is -0.475 e. The highest BCUT2D eigenvalue weighted by Gasteiger charge is 2.29. The number of hydrogen-bond donors (Lipinski definition) is 1. The zero-order chi connectivity index (χ0) is 10.8. The van der Waals surface area contributed by atoms with E-state index in [-0.39, 0.29) is 5.76 Å². The predicted molar refractivity (Wildman–Crippen MR) is 54.8 cm³/mol. The van der Waals surface area contributed by atoms with Crippen LogP contribution in [-0.2, 0) is 6.54 Å². The molecular weight excluding hydrogens is 194 g/mol. The van der Waals surface area contributed by atoms with Gasteiger partial charge in [0, 0.05) is 18.2 Å². The van der Waals surface area contributed by atoms with Gasteiger partial charge in [0.2, 0.25) is 5.76 Å². The molecule has 1 aliphatic rings. The maximum atomic E-state index is 10.8. The van der Waals surface area contributed by atoms with Crippen LogP contribution in [0.1, 0.15) is 35.9 Å². The first-order valence-corrected chi connectivity index (χ1v) is 5.26. The minimum atomic E-state index is -0.984. The van der Waals surface area contributed by atoms with Gasteiger partial charge in [-0.2, -0.15) is 0 Å². The number of nitrogens with zero attached hydrogens (tertiary/aromatic N) is 1. The first-order valence-electron chi connectivity index (χ1n) is 5.26. The molecule has 0 spiro atoms. The zero-order valence-electron chi connectivity index (χ0n) is 8.77. The Morgan fingerprint density at radius 1 is 1.67 bits per heavy atom. The van der Waals surface area contributed by atoms with Gasteiger partial charge in [0.15, 0.2) is 0 Å². The first kappa shape index (κ1) is 10.2. The van der Waals surface area contributed by atoms with Gasteiger partial charge in [0.05, 0.1) is 6.26 Å². The van der Waals surface area contributed by atoms with E-state index in [0.29, 0.717) is 12.6 Å². The summed E-state index contributed by atoms with van der Waals surface area (Å²) in [4.78, 5) is 13.1. The summed E-state index contributed by atoms with van der Waals surface area (Å²) in [5.74, 6) is -0.907. The highest BCUT2D eigenvalue weighted by atomic mass is 16.4. The van der Waals surface area contributed by atoms with Crippen LogP contribution in [0.15, 0.2) is 16.7 Å². The van der Waals surface area contributed by atoms with Crippen molar-refractivity contribution in [2.75, 3.05) is 6.54 Å². The molecule has 4 heteroatoms. The maximum absolute atomic E-state index is 10.8. The van der Waals surface area contributed by atoms with Crippen molar-refractivity contribution in [2.24, 2.45) is 0 Å².